The Bertz CT molecular complexity index is 952. The highest BCUT2D eigenvalue weighted by Gasteiger charge is 2.19. The molecule has 0 unspecified atom stereocenters. The van der Waals surface area contributed by atoms with Gasteiger partial charge < -0.3 is 24.4 Å². The van der Waals surface area contributed by atoms with Crippen molar-refractivity contribution >= 4 is 28.0 Å². The minimum Gasteiger partial charge on any atom is -0.378 e. The van der Waals surface area contributed by atoms with Crippen molar-refractivity contribution in [2.24, 2.45) is 0 Å². The number of benzene rings is 1. The van der Waals surface area contributed by atoms with Gasteiger partial charge in [0.05, 0.1) is 49.5 Å². The van der Waals surface area contributed by atoms with Gasteiger partial charge >= 0.3 is 0 Å². The normalized spacial score (nSPS) is 17.9. The zero-order valence-corrected chi connectivity index (χ0v) is 15.5. The fraction of sp³-hybridized carbons (Fsp3) is 0.333. The second kappa shape index (κ2) is 7.71. The van der Waals surface area contributed by atoms with E-state index in [0.29, 0.717) is 13.2 Å². The Hall–Kier alpha value is -2.74. The summed E-state index contributed by atoms with van der Waals surface area (Å²) >= 11 is 0. The van der Waals surface area contributed by atoms with Crippen molar-refractivity contribution < 1.29 is 14.2 Å². The molecule has 2 saturated heterocycles. The van der Waals surface area contributed by atoms with Crippen LogP contribution in [0.2, 0.25) is 0 Å². The second-order valence-corrected chi connectivity index (χ2v) is 6.83. The van der Waals surface area contributed by atoms with Gasteiger partial charge in [-0.05, 0) is 36.4 Å². The molecule has 2 fully saturated rings. The quantitative estimate of drug-likeness (QED) is 0.747. The van der Waals surface area contributed by atoms with Crippen molar-refractivity contribution in [1.29, 1.82) is 0 Å². The molecule has 2 aliphatic rings. The Labute approximate surface area is 163 Å². The van der Waals surface area contributed by atoms with Gasteiger partial charge in [0, 0.05) is 36.0 Å². The van der Waals surface area contributed by atoms with Gasteiger partial charge in [0.15, 0.2) is 0 Å². The van der Waals surface area contributed by atoms with E-state index in [1.54, 1.807) is 6.20 Å². The van der Waals surface area contributed by atoms with E-state index in [0.717, 1.165) is 54.3 Å². The highest BCUT2D eigenvalue weighted by atomic mass is 16.7. The maximum Gasteiger partial charge on any atom is 0.201 e. The van der Waals surface area contributed by atoms with Gasteiger partial charge in [-0.1, -0.05) is 0 Å². The van der Waals surface area contributed by atoms with Crippen LogP contribution in [-0.2, 0) is 14.2 Å². The molecule has 0 amide bonds. The topological polar surface area (TPSA) is 68.7 Å². The van der Waals surface area contributed by atoms with Crippen LogP contribution in [0.5, 0.6) is 0 Å². The molecule has 0 saturated carbocycles. The number of anilines is 3. The van der Waals surface area contributed by atoms with E-state index >= 15 is 0 Å². The number of aromatic nitrogens is 2. The van der Waals surface area contributed by atoms with E-state index in [4.69, 9.17) is 14.2 Å². The van der Waals surface area contributed by atoms with Crippen molar-refractivity contribution in [1.82, 2.24) is 9.97 Å². The number of morpholine rings is 1. The molecular weight excluding hydrogens is 356 g/mol. The van der Waals surface area contributed by atoms with Crippen molar-refractivity contribution in [3.63, 3.8) is 0 Å². The van der Waals surface area contributed by atoms with Crippen LogP contribution < -0.4 is 10.2 Å². The summed E-state index contributed by atoms with van der Waals surface area (Å²) in [5.74, 6) is 0. The third kappa shape index (κ3) is 3.52. The first-order chi connectivity index (χ1) is 13.9. The molecule has 3 aromatic rings. The molecule has 7 nitrogen and oxygen atoms in total. The molecule has 1 aromatic carbocycles. The summed E-state index contributed by atoms with van der Waals surface area (Å²) in [4.78, 5) is 11.3. The van der Waals surface area contributed by atoms with E-state index < -0.39 is 0 Å². The zero-order chi connectivity index (χ0) is 18.8. The third-order valence-corrected chi connectivity index (χ3v) is 5.03. The Morgan fingerprint density at radius 3 is 2.57 bits per heavy atom. The number of ether oxygens (including phenoxy) is 3. The number of hydrogen-bond acceptors (Lipinski definition) is 7. The molecule has 0 atom stereocenters. The average molecular weight is 378 g/mol. The lowest BCUT2D eigenvalue weighted by molar-refractivity contribution is -0.0472. The van der Waals surface area contributed by atoms with Gasteiger partial charge in [-0.15, -0.1) is 0 Å². The Kier molecular flexibility index (Phi) is 4.78. The lowest BCUT2D eigenvalue weighted by Crippen LogP contribution is -2.36. The van der Waals surface area contributed by atoms with E-state index in [2.05, 4.69) is 38.4 Å². The molecule has 0 radical (unpaired) electrons. The molecule has 2 aliphatic heterocycles. The van der Waals surface area contributed by atoms with Crippen LogP contribution in [0.1, 0.15) is 12.0 Å². The largest absolute Gasteiger partial charge is 0.378 e. The standard InChI is InChI=1S/C21H22N4O3/c1-3-20(21-27-11-12-28-21)23-14-15(1)24-19-5-6-22-18-4-2-16(13-17(18)19)25-7-9-26-10-8-25/h1-6,13-14,21H,7-12H2,(H,22,24). The molecule has 7 heteroatoms. The van der Waals surface area contributed by atoms with Gasteiger partial charge in [-0.3, -0.25) is 9.97 Å². The predicted molar refractivity (Wildman–Crippen MR) is 107 cm³/mol. The number of rotatable bonds is 4. The number of nitrogens with zero attached hydrogens (tertiary/aromatic N) is 3. The van der Waals surface area contributed by atoms with Gasteiger partial charge in [-0.2, -0.15) is 0 Å². The Morgan fingerprint density at radius 2 is 1.79 bits per heavy atom. The monoisotopic (exact) mass is 378 g/mol. The number of hydrogen-bond donors (Lipinski definition) is 1. The molecule has 2 aromatic heterocycles. The van der Waals surface area contributed by atoms with Crippen molar-refractivity contribution in [2.45, 2.75) is 6.29 Å². The van der Waals surface area contributed by atoms with Crippen LogP contribution in [0.25, 0.3) is 10.9 Å². The summed E-state index contributed by atoms with van der Waals surface area (Å²) in [7, 11) is 0. The van der Waals surface area contributed by atoms with Crippen LogP contribution in [0.15, 0.2) is 48.8 Å². The molecule has 0 bridgehead atoms. The van der Waals surface area contributed by atoms with Crippen molar-refractivity contribution in [3.05, 3.63) is 54.5 Å². The molecule has 0 aliphatic carbocycles. The molecule has 28 heavy (non-hydrogen) atoms. The number of nitrogens with one attached hydrogen (secondary N) is 1. The van der Waals surface area contributed by atoms with Gasteiger partial charge in [-0.25, -0.2) is 0 Å². The summed E-state index contributed by atoms with van der Waals surface area (Å²) in [6, 6.07) is 12.3. The average Bonchev–Trinajstić information content (AvgIpc) is 3.30. The van der Waals surface area contributed by atoms with Crippen LogP contribution >= 0.6 is 0 Å². The summed E-state index contributed by atoms with van der Waals surface area (Å²) < 4.78 is 16.5. The van der Waals surface area contributed by atoms with Crippen LogP contribution in [-0.4, -0.2) is 49.5 Å². The molecule has 5 rings (SSSR count). The van der Waals surface area contributed by atoms with Crippen molar-refractivity contribution in [3.8, 4) is 0 Å². The first-order valence-corrected chi connectivity index (χ1v) is 9.54. The van der Waals surface area contributed by atoms with Gasteiger partial charge in [0.2, 0.25) is 6.29 Å². The lowest BCUT2D eigenvalue weighted by Gasteiger charge is -2.29. The SMILES string of the molecule is c1cc(Nc2ccc(C3OCCO3)nc2)c2cc(N3CCOCC3)ccc2n1. The molecular formula is C21H22N4O3. The first kappa shape index (κ1) is 17.4. The van der Waals surface area contributed by atoms with E-state index in [1.807, 2.05) is 24.4 Å². The molecule has 4 heterocycles. The number of pyridine rings is 2. The first-order valence-electron chi connectivity index (χ1n) is 9.54. The summed E-state index contributed by atoms with van der Waals surface area (Å²) in [6.07, 6.45) is 3.27. The maximum absolute atomic E-state index is 5.50. The highest BCUT2D eigenvalue weighted by Crippen LogP contribution is 2.30. The molecule has 0 spiro atoms. The summed E-state index contributed by atoms with van der Waals surface area (Å²) in [6.45, 7) is 4.57. The molecule has 144 valence electrons. The van der Waals surface area contributed by atoms with Crippen LogP contribution in [0.3, 0.4) is 0 Å². The van der Waals surface area contributed by atoms with E-state index in [-0.39, 0.29) is 6.29 Å². The van der Waals surface area contributed by atoms with Gasteiger partial charge in [0.25, 0.3) is 0 Å². The fourth-order valence-corrected chi connectivity index (χ4v) is 3.56. The van der Waals surface area contributed by atoms with Crippen LogP contribution in [0.4, 0.5) is 17.1 Å². The zero-order valence-electron chi connectivity index (χ0n) is 15.5. The summed E-state index contributed by atoms with van der Waals surface area (Å²) in [5.41, 5.74) is 4.85. The Morgan fingerprint density at radius 1 is 0.929 bits per heavy atom. The van der Waals surface area contributed by atoms with E-state index in [1.165, 1.54) is 5.69 Å². The lowest BCUT2D eigenvalue weighted by atomic mass is 10.1. The smallest absolute Gasteiger partial charge is 0.201 e. The molecule has 1 N–H and O–H groups in total. The van der Waals surface area contributed by atoms with E-state index in [9.17, 15) is 0 Å². The minimum atomic E-state index is -0.355. The predicted octanol–water partition coefficient (Wildman–Crippen LogP) is 3.26. The van der Waals surface area contributed by atoms with Crippen molar-refractivity contribution in [2.75, 3.05) is 49.7 Å². The second-order valence-electron chi connectivity index (χ2n) is 6.83. The summed E-state index contributed by atoms with van der Waals surface area (Å²) in [5, 5.41) is 4.55. The fourth-order valence-electron chi connectivity index (χ4n) is 3.56. The number of fused-ring (bicyclic) bond motifs is 1. The maximum atomic E-state index is 5.50. The van der Waals surface area contributed by atoms with Crippen LogP contribution in [0, 0.1) is 0 Å². The highest BCUT2D eigenvalue weighted by molar-refractivity contribution is 5.95. The minimum absolute atomic E-state index is 0.355. The Balaban J connectivity index is 1.41. The van der Waals surface area contributed by atoms with Gasteiger partial charge in [0.1, 0.15) is 0 Å². The third-order valence-electron chi connectivity index (χ3n) is 5.03.